The van der Waals surface area contributed by atoms with Gasteiger partial charge in [0.15, 0.2) is 8.07 Å². The first-order chi connectivity index (χ1) is 36.5. The van der Waals surface area contributed by atoms with Gasteiger partial charge in [-0.3, -0.25) is 18.9 Å². The minimum absolute atomic E-state index is 0.0193. The van der Waals surface area contributed by atoms with Crippen molar-refractivity contribution < 1.29 is 17.1 Å². The molecule has 5 heterocycles. The number of para-hydroxylation sites is 6. The predicted octanol–water partition coefficient (Wildman–Crippen LogP) is 9.30. The van der Waals surface area contributed by atoms with Crippen molar-refractivity contribution in [1.82, 2.24) is 23.9 Å². The zero-order valence-electron chi connectivity index (χ0n) is 45.5. The summed E-state index contributed by atoms with van der Waals surface area (Å²) >= 11 is 0. The van der Waals surface area contributed by atoms with E-state index in [1.165, 1.54) is 30.9 Å². The van der Waals surface area contributed by atoms with Crippen molar-refractivity contribution in [2.75, 3.05) is 0 Å². The number of hydrogen-bond acceptors (Lipinski definition) is 4. The molecule has 12 rings (SSSR count). The lowest BCUT2D eigenvalue weighted by atomic mass is 9.98. The molecule has 11 aromatic rings. The molecule has 7 aromatic carbocycles. The summed E-state index contributed by atoms with van der Waals surface area (Å²) in [7, 11) is -14.4. The second-order valence-corrected chi connectivity index (χ2v) is 28.2. The van der Waals surface area contributed by atoms with Crippen LogP contribution < -0.4 is 35.9 Å². The Morgan fingerprint density at radius 1 is 0.507 bits per heavy atom. The maximum absolute atomic E-state index is 10.0. The predicted molar refractivity (Wildman–Crippen MR) is 283 cm³/mol. The molecule has 0 radical (unpaired) electrons. The van der Waals surface area contributed by atoms with E-state index < -0.39 is 48.3 Å². The van der Waals surface area contributed by atoms with E-state index in [-0.39, 0.29) is 33.0 Å². The van der Waals surface area contributed by atoms with Crippen LogP contribution in [0.25, 0.3) is 33.5 Å². The Hall–Kier alpha value is -7.44. The van der Waals surface area contributed by atoms with E-state index in [2.05, 4.69) is 79.6 Å². The molecule has 0 fully saturated rings. The molecule has 0 saturated carbocycles. The molecule has 0 bridgehead atoms. The Morgan fingerprint density at radius 2 is 1.07 bits per heavy atom. The van der Waals surface area contributed by atoms with Crippen molar-refractivity contribution in [2.45, 2.75) is 30.6 Å². The minimum atomic E-state index is -5.65. The van der Waals surface area contributed by atoms with Crippen molar-refractivity contribution in [3.05, 3.63) is 236 Å². The third kappa shape index (κ3) is 5.81. The van der Waals surface area contributed by atoms with Gasteiger partial charge in [0.25, 0.3) is 0 Å². The van der Waals surface area contributed by atoms with Crippen LogP contribution in [0, 0.1) is 0 Å². The van der Waals surface area contributed by atoms with Gasteiger partial charge < -0.3 is 4.74 Å². The highest BCUT2D eigenvalue weighted by molar-refractivity contribution is 7.20. The van der Waals surface area contributed by atoms with Gasteiger partial charge in [-0.2, -0.15) is 0 Å². The molecular formula is C58H49N5OSi3. The largest absolute Gasteiger partial charge is 0.457 e. The molecular weight excluding hydrogens is 867 g/mol. The van der Waals surface area contributed by atoms with Crippen LogP contribution in [-0.2, 0) is 4.66 Å². The van der Waals surface area contributed by atoms with Gasteiger partial charge in [-0.1, -0.05) is 172 Å². The van der Waals surface area contributed by atoms with E-state index >= 15 is 0 Å². The molecule has 0 N–H and O–H groups in total. The molecule has 324 valence electrons. The molecule has 0 spiro atoms. The van der Waals surface area contributed by atoms with Gasteiger partial charge in [-0.05, 0) is 85.7 Å². The fourth-order valence-corrected chi connectivity index (χ4v) is 24.9. The molecule has 4 aromatic heterocycles. The highest BCUT2D eigenvalue weighted by atomic mass is 28.4. The lowest BCUT2D eigenvalue weighted by Gasteiger charge is -2.57. The van der Waals surface area contributed by atoms with Gasteiger partial charge in [0.05, 0.1) is 38.2 Å². The molecule has 1 aliphatic rings. The first-order valence-corrected chi connectivity index (χ1v) is 28.8. The number of benzene rings is 7. The first-order valence-electron chi connectivity index (χ1n) is 26.8. The summed E-state index contributed by atoms with van der Waals surface area (Å²) in [5.74, 6) is 1.12. The summed E-state index contributed by atoms with van der Waals surface area (Å²) in [5.41, 5.74) is 4.96. The van der Waals surface area contributed by atoms with Gasteiger partial charge >= 0.3 is 0 Å². The highest BCUT2D eigenvalue weighted by Crippen LogP contribution is 2.56. The number of imidazole rings is 2. The second kappa shape index (κ2) is 15.6. The fourth-order valence-electron chi connectivity index (χ4n) is 11.2. The molecule has 67 heavy (non-hydrogen) atoms. The number of fused-ring (bicyclic) bond motifs is 7. The average molecular weight is 925 g/mol. The van der Waals surface area contributed by atoms with Crippen LogP contribution in [0.15, 0.2) is 225 Å². The summed E-state index contributed by atoms with van der Waals surface area (Å²) in [6, 6.07) is 64.0. The maximum atomic E-state index is 10.0. The number of rotatable bonds is 9. The fraction of sp³-hybridized carbons (Fsp3) is 0.0862. The molecule has 2 unspecified atom stereocenters. The summed E-state index contributed by atoms with van der Waals surface area (Å²) in [6.45, 7) is -7.96. The lowest BCUT2D eigenvalue weighted by molar-refractivity contribution is 0.453. The number of pyridine rings is 2. The van der Waals surface area contributed by atoms with E-state index in [0.717, 1.165) is 49.1 Å². The highest BCUT2D eigenvalue weighted by Gasteiger charge is 2.64. The van der Waals surface area contributed by atoms with Gasteiger partial charge in [-0.25, -0.2) is 4.98 Å². The zero-order valence-corrected chi connectivity index (χ0v) is 39.5. The van der Waals surface area contributed by atoms with Crippen LogP contribution in [-0.4, -0.2) is 48.1 Å². The second-order valence-electron chi connectivity index (χ2n) is 17.5. The van der Waals surface area contributed by atoms with Crippen molar-refractivity contribution >= 4 is 83.2 Å². The monoisotopic (exact) mass is 924 g/mol. The van der Waals surface area contributed by atoms with Gasteiger partial charge in [-0.15, -0.1) is 0 Å². The molecule has 0 amide bonds. The third-order valence-electron chi connectivity index (χ3n) is 14.0. The smallest absolute Gasteiger partial charge is 0.220 e. The Kier molecular flexibility index (Phi) is 7.51. The SMILES string of the molecule is [2H]C([2H])([2H])[Si](C)(c1cccnc1)C1([Si](c2cccnc2)(C([2H])([2H])[2H])C([2H])([2H])[2H])c2ccccc2Oc2c1cccc2[Si](c1ccccc1)(c1ccccc1)c1cccc(-n2c3ccccc3n3c4ccccc4nc23)c1. The van der Waals surface area contributed by atoms with Crippen LogP contribution in [0.2, 0.25) is 26.0 Å². The summed E-state index contributed by atoms with van der Waals surface area (Å²) in [6.07, 6.45) is 5.85. The molecule has 9 heteroatoms. The maximum Gasteiger partial charge on any atom is 0.220 e. The lowest BCUT2D eigenvalue weighted by Crippen LogP contribution is -2.77. The van der Waals surface area contributed by atoms with Crippen LogP contribution >= 0.6 is 0 Å². The molecule has 0 saturated heterocycles. The van der Waals surface area contributed by atoms with E-state index in [9.17, 15) is 12.3 Å². The van der Waals surface area contributed by atoms with Crippen molar-refractivity contribution in [3.8, 4) is 17.2 Å². The standard InChI is InChI=1S/C58H49N5OSi3/c1-65(2,46-27-19-37-59-40-46)58(66(3,4)47-28-20-38-60-41-47)48-29-11-16-35-54(48)64-56-49(58)30-18-36-55(56)67(43-22-7-5-8-23-43,44-24-9-6-10-25-44)45-26-17-21-42(39-45)62-52-33-14-15-34-53(52)63-51-32-13-12-31-50(51)61-57(62)63/h5-41H,1-4H3/i1D3,2D3,3D3. The third-order valence-corrected chi connectivity index (χ3v) is 27.7. The molecule has 0 aliphatic carbocycles. The number of ether oxygens (including phenoxy) is 1. The van der Waals surface area contributed by atoms with E-state index in [4.69, 9.17) is 9.72 Å². The number of nitrogens with zero attached hydrogens (tertiary/aromatic N) is 5. The van der Waals surface area contributed by atoms with Gasteiger partial charge in [0.2, 0.25) is 5.78 Å². The van der Waals surface area contributed by atoms with Crippen LogP contribution in [0.5, 0.6) is 11.5 Å². The summed E-state index contributed by atoms with van der Waals surface area (Å²) in [4.78, 5) is 14.2. The summed E-state index contributed by atoms with van der Waals surface area (Å²) in [5, 5.41) is 3.73. The van der Waals surface area contributed by atoms with Crippen molar-refractivity contribution in [1.29, 1.82) is 0 Å². The quantitative estimate of drug-likeness (QED) is 0.107. The molecule has 1 aliphatic heterocycles. The van der Waals surface area contributed by atoms with Crippen LogP contribution in [0.3, 0.4) is 0 Å². The summed E-state index contributed by atoms with van der Waals surface area (Å²) < 4.78 is 99.7. The zero-order chi connectivity index (χ0) is 52.9. The van der Waals surface area contributed by atoms with Crippen molar-refractivity contribution in [2.24, 2.45) is 0 Å². The van der Waals surface area contributed by atoms with Gasteiger partial charge in [0, 0.05) is 58.6 Å². The first kappa shape index (κ1) is 32.3. The molecule has 2 atom stereocenters. The minimum Gasteiger partial charge on any atom is -0.457 e. The van der Waals surface area contributed by atoms with Crippen LogP contribution in [0.4, 0.5) is 0 Å². The van der Waals surface area contributed by atoms with E-state index in [0.29, 0.717) is 5.19 Å². The van der Waals surface area contributed by atoms with E-state index in [1.54, 1.807) is 55.1 Å². The topological polar surface area (TPSA) is 57.2 Å². The Labute approximate surface area is 406 Å². The normalized spacial score (nSPS) is 18.3. The number of hydrogen-bond donors (Lipinski definition) is 0. The Bertz CT molecular complexity index is 3930. The Balaban J connectivity index is 1.29. The molecule has 6 nitrogen and oxygen atoms in total. The van der Waals surface area contributed by atoms with Crippen molar-refractivity contribution in [3.63, 3.8) is 0 Å². The number of aromatic nitrogens is 5. The average Bonchev–Trinajstić information content (AvgIpc) is 3.43. The van der Waals surface area contributed by atoms with Crippen LogP contribution in [0.1, 0.15) is 23.5 Å². The van der Waals surface area contributed by atoms with Gasteiger partial charge in [0.1, 0.15) is 11.5 Å². The Morgan fingerprint density at radius 3 is 1.76 bits per heavy atom. The van der Waals surface area contributed by atoms with E-state index in [1.807, 2.05) is 84.9 Å².